The van der Waals surface area contributed by atoms with Crippen LogP contribution in [0.3, 0.4) is 0 Å². The molecule has 0 aliphatic heterocycles. The number of carbonyl (C=O) groups excluding carboxylic acids is 1. The lowest BCUT2D eigenvalue weighted by atomic mass is 9.72. The summed E-state index contributed by atoms with van der Waals surface area (Å²) in [5.41, 5.74) is 3.05. The Balaban J connectivity index is 2.90. The molecule has 0 unspecified atom stereocenters. The third kappa shape index (κ3) is 3.07. The molecule has 0 saturated carbocycles. The van der Waals surface area contributed by atoms with Crippen molar-refractivity contribution in [3.8, 4) is 0 Å². The Morgan fingerprint density at radius 3 is 2.50 bits per heavy atom. The highest BCUT2D eigenvalue weighted by atomic mass is 16.1. The van der Waals surface area contributed by atoms with Gasteiger partial charge >= 0.3 is 0 Å². The molecule has 0 heterocycles. The molecule has 16 heavy (non-hydrogen) atoms. The molecule has 0 aromatic rings. The molecule has 0 fully saturated rings. The van der Waals surface area contributed by atoms with Gasteiger partial charge in [0.1, 0.15) is 0 Å². The fourth-order valence-electron chi connectivity index (χ4n) is 2.37. The van der Waals surface area contributed by atoms with Crippen molar-refractivity contribution in [3.63, 3.8) is 0 Å². The van der Waals surface area contributed by atoms with Gasteiger partial charge in [0.2, 0.25) is 0 Å². The Labute approximate surface area is 99.6 Å². The van der Waals surface area contributed by atoms with Crippen LogP contribution in [-0.4, -0.2) is 5.78 Å². The molecule has 1 rings (SSSR count). The zero-order chi connectivity index (χ0) is 12.3. The van der Waals surface area contributed by atoms with E-state index in [0.29, 0.717) is 0 Å². The van der Waals surface area contributed by atoms with Crippen molar-refractivity contribution in [2.45, 2.75) is 53.9 Å². The second-order valence-electron chi connectivity index (χ2n) is 5.82. The van der Waals surface area contributed by atoms with Crippen LogP contribution in [0.25, 0.3) is 0 Å². The van der Waals surface area contributed by atoms with Gasteiger partial charge in [-0.25, -0.2) is 0 Å². The Kier molecular flexibility index (Phi) is 4.12. The maximum Gasteiger partial charge on any atom is 0.158 e. The fourth-order valence-corrected chi connectivity index (χ4v) is 2.37. The van der Waals surface area contributed by atoms with Crippen molar-refractivity contribution in [3.05, 3.63) is 23.3 Å². The van der Waals surface area contributed by atoms with E-state index < -0.39 is 0 Å². The molecule has 0 saturated heterocycles. The standard InChI is InChI=1S/C15H24O/c1-11(2)14(16)9-8-13-12(3)7-6-10-15(13,4)5/h8-9,11H,6-7,10H2,1-5H3. The molecule has 90 valence electrons. The van der Waals surface area contributed by atoms with Gasteiger partial charge in [-0.2, -0.15) is 0 Å². The van der Waals surface area contributed by atoms with E-state index in [-0.39, 0.29) is 17.1 Å². The van der Waals surface area contributed by atoms with Gasteiger partial charge in [0.15, 0.2) is 5.78 Å². The fraction of sp³-hybridized carbons (Fsp3) is 0.667. The van der Waals surface area contributed by atoms with Gasteiger partial charge < -0.3 is 0 Å². The van der Waals surface area contributed by atoms with Gasteiger partial charge in [0.05, 0.1) is 0 Å². The van der Waals surface area contributed by atoms with Crippen LogP contribution in [0.4, 0.5) is 0 Å². The predicted octanol–water partition coefficient (Wildman–Crippen LogP) is 4.29. The van der Waals surface area contributed by atoms with Crippen molar-refractivity contribution in [1.29, 1.82) is 0 Å². The summed E-state index contributed by atoms with van der Waals surface area (Å²) in [6.45, 7) is 10.6. The lowest BCUT2D eigenvalue weighted by Crippen LogP contribution is -2.19. The molecule has 0 N–H and O–H groups in total. The SMILES string of the molecule is CC1=C(C=CC(=O)C(C)C)C(C)(C)CCC1. The molecule has 0 amide bonds. The van der Waals surface area contributed by atoms with Crippen molar-refractivity contribution in [2.75, 3.05) is 0 Å². The third-order valence-corrected chi connectivity index (χ3v) is 3.53. The minimum Gasteiger partial charge on any atom is -0.295 e. The van der Waals surface area contributed by atoms with Crippen LogP contribution in [0.2, 0.25) is 0 Å². The van der Waals surface area contributed by atoms with E-state index in [1.807, 2.05) is 13.8 Å². The van der Waals surface area contributed by atoms with E-state index in [2.05, 4.69) is 26.8 Å². The topological polar surface area (TPSA) is 17.1 Å². The van der Waals surface area contributed by atoms with Gasteiger partial charge in [-0.15, -0.1) is 0 Å². The van der Waals surface area contributed by atoms with Gasteiger partial charge in [-0.1, -0.05) is 39.3 Å². The quantitative estimate of drug-likeness (QED) is 0.648. The number of allylic oxidation sites excluding steroid dienone is 4. The van der Waals surface area contributed by atoms with Crippen molar-refractivity contribution < 1.29 is 4.79 Å². The second-order valence-corrected chi connectivity index (χ2v) is 5.82. The summed E-state index contributed by atoms with van der Waals surface area (Å²) in [5, 5.41) is 0. The van der Waals surface area contributed by atoms with E-state index in [9.17, 15) is 4.79 Å². The average molecular weight is 220 g/mol. The van der Waals surface area contributed by atoms with E-state index in [4.69, 9.17) is 0 Å². The maximum absolute atomic E-state index is 11.6. The van der Waals surface area contributed by atoms with Gasteiger partial charge in [0.25, 0.3) is 0 Å². The summed E-state index contributed by atoms with van der Waals surface area (Å²) >= 11 is 0. The minimum absolute atomic E-state index is 0.101. The Hall–Kier alpha value is -0.850. The summed E-state index contributed by atoms with van der Waals surface area (Å²) in [4.78, 5) is 11.6. The average Bonchev–Trinajstić information content (AvgIpc) is 2.15. The largest absolute Gasteiger partial charge is 0.295 e. The zero-order valence-electron chi connectivity index (χ0n) is 11.3. The number of carbonyl (C=O) groups is 1. The normalized spacial score (nSPS) is 20.9. The van der Waals surface area contributed by atoms with Crippen LogP contribution in [0, 0.1) is 11.3 Å². The Morgan fingerprint density at radius 1 is 1.38 bits per heavy atom. The molecule has 0 atom stereocenters. The van der Waals surface area contributed by atoms with Gasteiger partial charge in [-0.3, -0.25) is 4.79 Å². The predicted molar refractivity (Wildman–Crippen MR) is 69.3 cm³/mol. The van der Waals surface area contributed by atoms with Crippen LogP contribution < -0.4 is 0 Å². The molecule has 0 radical (unpaired) electrons. The highest BCUT2D eigenvalue weighted by Crippen LogP contribution is 2.40. The zero-order valence-corrected chi connectivity index (χ0v) is 11.3. The first-order valence-electron chi connectivity index (χ1n) is 6.27. The van der Waals surface area contributed by atoms with E-state index in [1.165, 1.54) is 30.4 Å². The van der Waals surface area contributed by atoms with E-state index in [0.717, 1.165) is 0 Å². The monoisotopic (exact) mass is 220 g/mol. The Bertz CT molecular complexity index is 329. The van der Waals surface area contributed by atoms with Gasteiger partial charge in [-0.05, 0) is 43.3 Å². The van der Waals surface area contributed by atoms with Crippen molar-refractivity contribution in [1.82, 2.24) is 0 Å². The molecular weight excluding hydrogens is 196 g/mol. The van der Waals surface area contributed by atoms with Crippen LogP contribution in [0.1, 0.15) is 53.9 Å². The van der Waals surface area contributed by atoms with E-state index in [1.54, 1.807) is 6.08 Å². The minimum atomic E-state index is 0.101. The maximum atomic E-state index is 11.6. The van der Waals surface area contributed by atoms with Crippen molar-refractivity contribution in [2.24, 2.45) is 11.3 Å². The second kappa shape index (κ2) is 4.99. The third-order valence-electron chi connectivity index (χ3n) is 3.53. The molecule has 0 bridgehead atoms. The smallest absolute Gasteiger partial charge is 0.158 e. The number of hydrogen-bond acceptors (Lipinski definition) is 1. The lowest BCUT2D eigenvalue weighted by molar-refractivity contribution is -0.117. The molecule has 0 spiro atoms. The highest BCUT2D eigenvalue weighted by molar-refractivity contribution is 5.91. The molecular formula is C15H24O. The lowest BCUT2D eigenvalue weighted by Gasteiger charge is -2.32. The summed E-state index contributed by atoms with van der Waals surface area (Å²) in [6, 6.07) is 0. The number of hydrogen-bond donors (Lipinski definition) is 0. The van der Waals surface area contributed by atoms with Crippen molar-refractivity contribution >= 4 is 5.78 Å². The molecule has 0 aromatic heterocycles. The van der Waals surface area contributed by atoms with Crippen LogP contribution in [0.15, 0.2) is 23.3 Å². The summed E-state index contributed by atoms with van der Waals surface area (Å²) in [6.07, 6.45) is 7.49. The first-order valence-corrected chi connectivity index (χ1v) is 6.27. The Morgan fingerprint density at radius 2 is 2.00 bits per heavy atom. The van der Waals surface area contributed by atoms with Crippen LogP contribution >= 0.6 is 0 Å². The molecule has 1 heteroatoms. The summed E-state index contributed by atoms with van der Waals surface area (Å²) in [5.74, 6) is 0.325. The molecule has 1 nitrogen and oxygen atoms in total. The first-order chi connectivity index (χ1) is 7.34. The first kappa shape index (κ1) is 13.2. The summed E-state index contributed by atoms with van der Waals surface area (Å²) < 4.78 is 0. The summed E-state index contributed by atoms with van der Waals surface area (Å²) in [7, 11) is 0. The molecule has 0 aromatic carbocycles. The van der Waals surface area contributed by atoms with E-state index >= 15 is 0 Å². The number of ketones is 1. The number of rotatable bonds is 3. The molecule has 1 aliphatic rings. The highest BCUT2D eigenvalue weighted by Gasteiger charge is 2.26. The van der Waals surface area contributed by atoms with Crippen LogP contribution in [0.5, 0.6) is 0 Å². The van der Waals surface area contributed by atoms with Crippen LogP contribution in [-0.2, 0) is 4.79 Å². The molecule has 1 aliphatic carbocycles. The van der Waals surface area contributed by atoms with Gasteiger partial charge in [0, 0.05) is 5.92 Å².